The van der Waals surface area contributed by atoms with E-state index in [1.54, 1.807) is 13.8 Å². The summed E-state index contributed by atoms with van der Waals surface area (Å²) in [5.74, 6) is -0.478. The van der Waals surface area contributed by atoms with Gasteiger partial charge in [-0.15, -0.1) is 0 Å². The van der Waals surface area contributed by atoms with Gasteiger partial charge in [-0.3, -0.25) is 0 Å². The lowest BCUT2D eigenvalue weighted by atomic mass is 10.2. The molecule has 0 N–H and O–H groups in total. The first-order chi connectivity index (χ1) is 4.46. The van der Waals surface area contributed by atoms with Crippen molar-refractivity contribution in [2.75, 3.05) is 0 Å². The van der Waals surface area contributed by atoms with E-state index in [0.717, 1.165) is 0 Å². The Balaban J connectivity index is 4.67. The van der Waals surface area contributed by atoms with Crippen LogP contribution in [0.15, 0.2) is 35.2 Å². The largest absolute Gasteiger partial charge is 0.205 e. The highest BCUT2D eigenvalue weighted by Crippen LogP contribution is 2.22. The Bertz CT molecular complexity index is 179. The second kappa shape index (κ2) is 3.57. The molecule has 0 saturated heterocycles. The molecular weight excluding hydrogens is 151 g/mol. The number of rotatable bonds is 2. The lowest BCUT2D eigenvalue weighted by Gasteiger charge is -1.99. The Labute approximate surface area is 65.7 Å². The van der Waals surface area contributed by atoms with Crippen molar-refractivity contribution in [2.45, 2.75) is 13.8 Å². The van der Waals surface area contributed by atoms with Crippen LogP contribution in [0.1, 0.15) is 13.8 Å². The highest BCUT2D eigenvalue weighted by Gasteiger charge is 2.03. The molecule has 0 aliphatic carbocycles. The van der Waals surface area contributed by atoms with Gasteiger partial charge in [0.25, 0.3) is 0 Å². The van der Waals surface area contributed by atoms with Gasteiger partial charge in [0.15, 0.2) is 0 Å². The van der Waals surface area contributed by atoms with Crippen LogP contribution in [0.4, 0.5) is 4.39 Å². The van der Waals surface area contributed by atoms with Gasteiger partial charge in [-0.1, -0.05) is 24.8 Å². The zero-order valence-corrected chi connectivity index (χ0v) is 6.93. The molecule has 0 aliphatic rings. The van der Waals surface area contributed by atoms with Crippen molar-refractivity contribution in [3.8, 4) is 0 Å². The van der Waals surface area contributed by atoms with Gasteiger partial charge in [-0.05, 0) is 25.0 Å². The number of allylic oxidation sites excluding steroid dienone is 4. The molecule has 56 valence electrons. The molecule has 0 amide bonds. The van der Waals surface area contributed by atoms with Gasteiger partial charge in [-0.25, -0.2) is 4.39 Å². The van der Waals surface area contributed by atoms with E-state index < -0.39 is 5.83 Å². The normalized spacial score (nSPS) is 12.4. The quantitative estimate of drug-likeness (QED) is 0.542. The van der Waals surface area contributed by atoms with E-state index in [4.69, 9.17) is 11.6 Å². The van der Waals surface area contributed by atoms with Gasteiger partial charge in [0.1, 0.15) is 5.83 Å². The van der Waals surface area contributed by atoms with Gasteiger partial charge in [0.05, 0.1) is 5.03 Å². The predicted molar refractivity (Wildman–Crippen MR) is 43.6 cm³/mol. The Morgan fingerprint density at radius 1 is 1.20 bits per heavy atom. The van der Waals surface area contributed by atoms with Crippen molar-refractivity contribution in [3.63, 3.8) is 0 Å². The van der Waals surface area contributed by atoms with Crippen molar-refractivity contribution in [1.82, 2.24) is 0 Å². The molecule has 0 fully saturated rings. The fourth-order valence-corrected chi connectivity index (χ4v) is 0.536. The third-order valence-corrected chi connectivity index (χ3v) is 1.43. The number of hydrogen-bond acceptors (Lipinski definition) is 0. The van der Waals surface area contributed by atoms with Gasteiger partial charge < -0.3 is 0 Å². The topological polar surface area (TPSA) is 0 Å². The summed E-state index contributed by atoms with van der Waals surface area (Å²) in [6, 6.07) is 0. The van der Waals surface area contributed by atoms with E-state index in [1.807, 2.05) is 0 Å². The minimum atomic E-state index is -0.478. The van der Waals surface area contributed by atoms with E-state index in [2.05, 4.69) is 13.2 Å². The van der Waals surface area contributed by atoms with Crippen molar-refractivity contribution in [2.24, 2.45) is 0 Å². The van der Waals surface area contributed by atoms with Crippen LogP contribution in [0.3, 0.4) is 0 Å². The summed E-state index contributed by atoms with van der Waals surface area (Å²) in [4.78, 5) is 0. The lowest BCUT2D eigenvalue weighted by molar-refractivity contribution is 0.648. The Kier molecular flexibility index (Phi) is 3.37. The third kappa shape index (κ3) is 2.36. The molecule has 0 saturated carbocycles. The SMILES string of the molecule is C=C(C)/C(F)=C(/Cl)C(=C)C. The third-order valence-electron chi connectivity index (χ3n) is 0.942. The summed E-state index contributed by atoms with van der Waals surface area (Å²) in [5.41, 5.74) is 0.843. The minimum Gasteiger partial charge on any atom is -0.205 e. The average Bonchev–Trinajstić information content (AvgIpc) is 1.84. The first-order valence-corrected chi connectivity index (χ1v) is 3.21. The second-order valence-corrected chi connectivity index (χ2v) is 2.57. The Morgan fingerprint density at radius 2 is 1.60 bits per heavy atom. The van der Waals surface area contributed by atoms with Crippen molar-refractivity contribution in [1.29, 1.82) is 0 Å². The van der Waals surface area contributed by atoms with Gasteiger partial charge in [0.2, 0.25) is 0 Å². The summed E-state index contributed by atoms with van der Waals surface area (Å²) in [6.45, 7) is 10.1. The molecule has 2 heteroatoms. The molecule has 0 radical (unpaired) electrons. The van der Waals surface area contributed by atoms with Crippen LogP contribution in [0.2, 0.25) is 0 Å². The molecule has 0 aromatic carbocycles. The van der Waals surface area contributed by atoms with Crippen LogP contribution in [-0.2, 0) is 0 Å². The monoisotopic (exact) mass is 160 g/mol. The summed E-state index contributed by atoms with van der Waals surface area (Å²) < 4.78 is 12.8. The molecule has 0 aromatic rings. The van der Waals surface area contributed by atoms with Crippen LogP contribution < -0.4 is 0 Å². The van der Waals surface area contributed by atoms with Gasteiger partial charge in [0, 0.05) is 0 Å². The highest BCUT2D eigenvalue weighted by atomic mass is 35.5. The van der Waals surface area contributed by atoms with Gasteiger partial charge in [-0.2, -0.15) is 0 Å². The van der Waals surface area contributed by atoms with Crippen LogP contribution in [0, 0.1) is 0 Å². The van der Waals surface area contributed by atoms with Crippen LogP contribution in [-0.4, -0.2) is 0 Å². The van der Waals surface area contributed by atoms with Crippen molar-refractivity contribution >= 4 is 11.6 Å². The molecular formula is C8H10ClF. The lowest BCUT2D eigenvalue weighted by Crippen LogP contribution is -1.81. The molecule has 0 spiro atoms. The first-order valence-electron chi connectivity index (χ1n) is 2.84. The van der Waals surface area contributed by atoms with E-state index in [0.29, 0.717) is 11.1 Å². The Morgan fingerprint density at radius 3 is 1.70 bits per heavy atom. The maximum Gasteiger partial charge on any atom is 0.144 e. The summed E-state index contributed by atoms with van der Waals surface area (Å²) in [5, 5.41) is 0.0625. The zero-order valence-electron chi connectivity index (χ0n) is 6.17. The smallest absolute Gasteiger partial charge is 0.144 e. The van der Waals surface area contributed by atoms with Crippen LogP contribution >= 0.6 is 11.6 Å². The molecule has 0 nitrogen and oxygen atoms in total. The van der Waals surface area contributed by atoms with E-state index >= 15 is 0 Å². The molecule has 0 aliphatic heterocycles. The molecule has 0 bridgehead atoms. The molecule has 0 atom stereocenters. The summed E-state index contributed by atoms with van der Waals surface area (Å²) in [7, 11) is 0. The maximum absolute atomic E-state index is 12.8. The second-order valence-electron chi connectivity index (χ2n) is 2.19. The summed E-state index contributed by atoms with van der Waals surface area (Å²) in [6.07, 6.45) is 0. The minimum absolute atomic E-state index is 0.0625. The van der Waals surface area contributed by atoms with E-state index in [-0.39, 0.29) is 5.03 Å². The fourth-order valence-electron chi connectivity index (χ4n) is 0.375. The van der Waals surface area contributed by atoms with Gasteiger partial charge >= 0.3 is 0 Å². The zero-order chi connectivity index (χ0) is 8.31. The standard InChI is InChI=1S/C8H10ClF/c1-5(2)7(9)8(10)6(3)4/h1,3H2,2,4H3/b8-7-. The molecule has 0 aromatic heterocycles. The van der Waals surface area contributed by atoms with Crippen LogP contribution in [0.5, 0.6) is 0 Å². The van der Waals surface area contributed by atoms with Crippen molar-refractivity contribution < 1.29 is 4.39 Å². The Hall–Kier alpha value is -0.560. The predicted octanol–water partition coefficient (Wildman–Crippen LogP) is 3.56. The summed E-state index contributed by atoms with van der Waals surface area (Å²) >= 11 is 5.51. The van der Waals surface area contributed by atoms with E-state index in [9.17, 15) is 4.39 Å². The molecule has 10 heavy (non-hydrogen) atoms. The van der Waals surface area contributed by atoms with Crippen molar-refractivity contribution in [3.05, 3.63) is 35.2 Å². The first kappa shape index (κ1) is 9.44. The highest BCUT2D eigenvalue weighted by molar-refractivity contribution is 6.32. The van der Waals surface area contributed by atoms with Crippen LogP contribution in [0.25, 0.3) is 0 Å². The molecule has 0 heterocycles. The fraction of sp³-hybridized carbons (Fsp3) is 0.250. The average molecular weight is 161 g/mol. The number of hydrogen-bond donors (Lipinski definition) is 0. The molecule has 0 unspecified atom stereocenters. The van der Waals surface area contributed by atoms with E-state index in [1.165, 1.54) is 0 Å². The molecule has 0 rings (SSSR count). The maximum atomic E-state index is 12.8. The number of halogens is 2.